The predicted molar refractivity (Wildman–Crippen MR) is 381 cm³/mol. The van der Waals surface area contributed by atoms with Crippen LogP contribution in [0.4, 0.5) is 0 Å². The Hall–Kier alpha value is -1.94. The van der Waals surface area contributed by atoms with E-state index < -0.39 is 97.5 Å². The summed E-state index contributed by atoms with van der Waals surface area (Å²) in [5, 5.41) is 10.6. The zero-order chi connectivity index (χ0) is 69.3. The largest absolute Gasteiger partial charge is 0.472 e. The van der Waals surface area contributed by atoms with E-state index in [9.17, 15) is 43.2 Å². The Balaban J connectivity index is 5.16. The molecule has 17 nitrogen and oxygen atoms in total. The highest BCUT2D eigenvalue weighted by Gasteiger charge is 2.30. The molecule has 3 N–H and O–H groups in total. The third-order valence-corrected chi connectivity index (χ3v) is 19.4. The van der Waals surface area contributed by atoms with Crippen LogP contribution in [-0.4, -0.2) is 96.7 Å². The molecule has 0 saturated carbocycles. The van der Waals surface area contributed by atoms with Crippen LogP contribution >= 0.6 is 15.6 Å². The van der Waals surface area contributed by atoms with Crippen molar-refractivity contribution < 1.29 is 80.2 Å². The number of phosphoric acid groups is 2. The van der Waals surface area contributed by atoms with Crippen LogP contribution in [-0.2, 0) is 65.4 Å². The molecular weight excluding hydrogens is 1230 g/mol. The van der Waals surface area contributed by atoms with Gasteiger partial charge in [0, 0.05) is 25.7 Å². The number of phosphoric ester groups is 2. The van der Waals surface area contributed by atoms with Crippen molar-refractivity contribution in [3.63, 3.8) is 0 Å². The number of rotatable bonds is 74. The van der Waals surface area contributed by atoms with Crippen LogP contribution in [0.25, 0.3) is 0 Å². The molecule has 0 aromatic rings. The molecule has 0 radical (unpaired) electrons. The van der Waals surface area contributed by atoms with Crippen molar-refractivity contribution >= 4 is 39.5 Å². The van der Waals surface area contributed by atoms with Crippen LogP contribution in [0.5, 0.6) is 0 Å². The number of aliphatic hydroxyl groups excluding tert-OH is 1. The molecule has 0 heterocycles. The summed E-state index contributed by atoms with van der Waals surface area (Å²) >= 11 is 0. The zero-order valence-electron chi connectivity index (χ0n) is 61.3. The van der Waals surface area contributed by atoms with E-state index in [2.05, 4.69) is 41.5 Å². The topological polar surface area (TPSA) is 237 Å². The van der Waals surface area contributed by atoms with Gasteiger partial charge in [-0.15, -0.1) is 0 Å². The van der Waals surface area contributed by atoms with Crippen LogP contribution in [0, 0.1) is 11.8 Å². The Bertz CT molecular complexity index is 1820. The third kappa shape index (κ3) is 68.6. The molecule has 0 aliphatic rings. The molecule has 0 aliphatic carbocycles. The molecule has 0 aromatic carbocycles. The molecule has 0 aliphatic heterocycles. The highest BCUT2D eigenvalue weighted by atomic mass is 31.2. The van der Waals surface area contributed by atoms with Crippen molar-refractivity contribution in [3.8, 4) is 0 Å². The Labute approximate surface area is 575 Å². The first kappa shape index (κ1) is 92.1. The van der Waals surface area contributed by atoms with Gasteiger partial charge in [0.2, 0.25) is 0 Å². The fourth-order valence-corrected chi connectivity index (χ4v) is 13.1. The molecule has 0 bridgehead atoms. The molecule has 0 spiro atoms. The molecule has 558 valence electrons. The number of hydrogen-bond acceptors (Lipinski definition) is 15. The first-order chi connectivity index (χ1) is 45.4. The van der Waals surface area contributed by atoms with Crippen LogP contribution in [0.2, 0.25) is 0 Å². The summed E-state index contributed by atoms with van der Waals surface area (Å²) in [4.78, 5) is 72.6. The van der Waals surface area contributed by atoms with Crippen LogP contribution < -0.4 is 0 Å². The maximum Gasteiger partial charge on any atom is 0.472 e. The smallest absolute Gasteiger partial charge is 0.462 e. The summed E-state index contributed by atoms with van der Waals surface area (Å²) in [7, 11) is -9.90. The summed E-state index contributed by atoms with van der Waals surface area (Å²) in [6.07, 6.45) is 54.5. The average Bonchev–Trinajstić information content (AvgIpc) is 1.57. The molecule has 0 amide bonds. The van der Waals surface area contributed by atoms with Gasteiger partial charge in [-0.3, -0.25) is 37.3 Å². The van der Waals surface area contributed by atoms with E-state index in [1.54, 1.807) is 0 Å². The minimum Gasteiger partial charge on any atom is -0.462 e. The fraction of sp³-hybridized carbons (Fsp3) is 0.947. The maximum atomic E-state index is 13.1. The number of carbonyl (C=O) groups is 4. The third-order valence-electron chi connectivity index (χ3n) is 17.5. The second-order valence-electron chi connectivity index (χ2n) is 28.0. The van der Waals surface area contributed by atoms with Crippen molar-refractivity contribution in [2.24, 2.45) is 11.8 Å². The highest BCUT2D eigenvalue weighted by Crippen LogP contribution is 2.45. The van der Waals surface area contributed by atoms with Crippen molar-refractivity contribution in [1.82, 2.24) is 0 Å². The van der Waals surface area contributed by atoms with Gasteiger partial charge in [-0.05, 0) is 37.5 Å². The Kier molecular flexibility index (Phi) is 65.5. The van der Waals surface area contributed by atoms with Crippen LogP contribution in [0.15, 0.2) is 0 Å². The SMILES string of the molecule is CCCCCCCCCCCCCCCCCCC(=O)OC[C@H](COP(=O)(O)OC[C@@H](O)COP(=O)(O)OC[C@@H](COC(=O)CCCCCCCCCC)OC(=O)CCCCCCCCC(C)C)OC(=O)CCCCCCCCCCCCCCCCCCCCC(C)C. The van der Waals surface area contributed by atoms with Gasteiger partial charge in [-0.2, -0.15) is 0 Å². The number of carbonyl (C=O) groups excluding carboxylic acids is 4. The number of aliphatic hydroxyl groups is 1. The first-order valence-electron chi connectivity index (χ1n) is 39.0. The highest BCUT2D eigenvalue weighted by molar-refractivity contribution is 7.47. The number of ether oxygens (including phenoxy) is 4. The number of hydrogen-bond donors (Lipinski definition) is 3. The van der Waals surface area contributed by atoms with E-state index in [1.165, 1.54) is 199 Å². The summed E-state index contributed by atoms with van der Waals surface area (Å²) in [5.41, 5.74) is 0. The second kappa shape index (κ2) is 66.9. The van der Waals surface area contributed by atoms with Gasteiger partial charge in [0.1, 0.15) is 19.3 Å². The Morgan fingerprint density at radius 1 is 0.287 bits per heavy atom. The lowest BCUT2D eigenvalue weighted by molar-refractivity contribution is -0.161. The Morgan fingerprint density at radius 3 is 0.723 bits per heavy atom. The molecule has 19 heteroatoms. The van der Waals surface area contributed by atoms with E-state index in [-0.39, 0.29) is 25.7 Å². The summed E-state index contributed by atoms with van der Waals surface area (Å²) in [6.45, 7) is 9.50. The van der Waals surface area contributed by atoms with E-state index in [0.29, 0.717) is 31.6 Å². The predicted octanol–water partition coefficient (Wildman–Crippen LogP) is 21.9. The number of unbranched alkanes of at least 4 members (excludes halogenated alkanes) is 44. The van der Waals surface area contributed by atoms with Gasteiger partial charge < -0.3 is 33.8 Å². The lowest BCUT2D eigenvalue weighted by Gasteiger charge is -2.21. The van der Waals surface area contributed by atoms with E-state index in [4.69, 9.17) is 37.0 Å². The fourth-order valence-electron chi connectivity index (χ4n) is 11.5. The van der Waals surface area contributed by atoms with Gasteiger partial charge in [0.15, 0.2) is 12.2 Å². The van der Waals surface area contributed by atoms with Crippen molar-refractivity contribution in [2.45, 2.75) is 407 Å². The monoisotopic (exact) mass is 1380 g/mol. The molecule has 0 rings (SSSR count). The zero-order valence-corrected chi connectivity index (χ0v) is 63.1. The summed E-state index contributed by atoms with van der Waals surface area (Å²) in [5.74, 6) is -0.634. The van der Waals surface area contributed by atoms with Crippen molar-refractivity contribution in [2.75, 3.05) is 39.6 Å². The maximum absolute atomic E-state index is 13.1. The molecule has 0 fully saturated rings. The van der Waals surface area contributed by atoms with Gasteiger partial charge in [0.25, 0.3) is 0 Å². The van der Waals surface area contributed by atoms with Crippen LogP contribution in [0.1, 0.15) is 388 Å². The van der Waals surface area contributed by atoms with Crippen molar-refractivity contribution in [3.05, 3.63) is 0 Å². The second-order valence-corrected chi connectivity index (χ2v) is 30.9. The van der Waals surface area contributed by atoms with Crippen LogP contribution in [0.3, 0.4) is 0 Å². The van der Waals surface area contributed by atoms with E-state index in [0.717, 1.165) is 102 Å². The first-order valence-corrected chi connectivity index (χ1v) is 42.0. The average molecular weight is 1380 g/mol. The van der Waals surface area contributed by atoms with Gasteiger partial charge in [-0.1, -0.05) is 337 Å². The number of esters is 4. The van der Waals surface area contributed by atoms with Gasteiger partial charge >= 0.3 is 39.5 Å². The lowest BCUT2D eigenvalue weighted by atomic mass is 10.0. The molecule has 2 unspecified atom stereocenters. The van der Waals surface area contributed by atoms with Gasteiger partial charge in [-0.25, -0.2) is 9.13 Å². The molecular formula is C75H146O17P2. The summed E-state index contributed by atoms with van der Waals surface area (Å²) < 4.78 is 68.3. The van der Waals surface area contributed by atoms with E-state index in [1.807, 2.05) is 0 Å². The summed E-state index contributed by atoms with van der Waals surface area (Å²) in [6, 6.07) is 0. The Morgan fingerprint density at radius 2 is 0.489 bits per heavy atom. The molecule has 5 atom stereocenters. The van der Waals surface area contributed by atoms with Gasteiger partial charge in [0.05, 0.1) is 26.4 Å². The quantitative estimate of drug-likeness (QED) is 0.0222. The standard InChI is InChI=1S/C75H146O17P2/c1-7-9-11-13-15-17-18-19-20-26-29-32-35-39-46-52-58-73(78)86-63-70(91-74(79)59-53-47-40-36-33-30-27-24-22-21-23-25-28-31-34-37-43-49-55-67(3)4)65-89-93(81,82)87-61-69(76)62-88-94(83,84)90-66-71(64-85-72(77)57-51-45-38-16-14-12-10-8-2)92-75(80)60-54-48-42-41-44-50-56-68(5)6/h67-71,76H,7-66H2,1-6H3,(H,81,82)(H,83,84)/t69-,70-,71-/m1/s1. The molecule has 94 heavy (non-hydrogen) atoms. The normalized spacial score (nSPS) is 14.0. The minimum absolute atomic E-state index is 0.102. The molecule has 0 aromatic heterocycles. The van der Waals surface area contributed by atoms with Crippen molar-refractivity contribution in [1.29, 1.82) is 0 Å². The minimum atomic E-state index is -4.96. The lowest BCUT2D eigenvalue weighted by Crippen LogP contribution is -2.30. The molecule has 0 saturated heterocycles. The van der Waals surface area contributed by atoms with E-state index >= 15 is 0 Å².